The van der Waals surface area contributed by atoms with Gasteiger partial charge in [-0.2, -0.15) is 4.39 Å². The molecule has 3 aromatic rings. The second kappa shape index (κ2) is 13.0. The van der Waals surface area contributed by atoms with Gasteiger partial charge in [-0.1, -0.05) is 6.07 Å². The summed E-state index contributed by atoms with van der Waals surface area (Å²) in [6.07, 6.45) is 7.07. The van der Waals surface area contributed by atoms with Crippen LogP contribution in [-0.2, 0) is 11.2 Å². The number of pyridine rings is 2. The summed E-state index contributed by atoms with van der Waals surface area (Å²) in [6, 6.07) is 12.9. The van der Waals surface area contributed by atoms with Crippen molar-refractivity contribution in [1.82, 2.24) is 14.9 Å². The van der Waals surface area contributed by atoms with Gasteiger partial charge in [-0.3, -0.25) is 9.78 Å². The van der Waals surface area contributed by atoms with Crippen molar-refractivity contribution in [1.29, 1.82) is 0 Å². The highest BCUT2D eigenvalue weighted by Crippen LogP contribution is 2.32. The standard InChI is InChI=1S/C28H34FN3O3S/c1-35-23-9-10-25-24(18-23)21(11-13-30-25)6-2-5-20-12-15-32(19-22(20)17-28(33)34)14-4-16-36-27-8-3-7-26(29)31-27/h3,7-11,13,18,20,22H,2,4-6,12,14-17,19H2,1H3,(H,33,34)/t20-,22+/m1/s1. The maximum absolute atomic E-state index is 13.2. The number of carboxylic acid groups (broad SMARTS) is 1. The van der Waals surface area contributed by atoms with Crippen LogP contribution >= 0.6 is 11.8 Å². The van der Waals surface area contributed by atoms with Crippen LogP contribution in [0.25, 0.3) is 10.9 Å². The van der Waals surface area contributed by atoms with Crippen LogP contribution in [0.2, 0.25) is 0 Å². The van der Waals surface area contributed by atoms with Gasteiger partial charge < -0.3 is 14.7 Å². The number of fused-ring (bicyclic) bond motifs is 1. The third kappa shape index (κ3) is 7.40. The Morgan fingerprint density at radius 1 is 1.22 bits per heavy atom. The Labute approximate surface area is 216 Å². The molecule has 0 bridgehead atoms. The van der Waals surface area contributed by atoms with E-state index in [2.05, 4.69) is 20.9 Å². The van der Waals surface area contributed by atoms with Gasteiger partial charge in [0, 0.05) is 30.3 Å². The highest BCUT2D eigenvalue weighted by Gasteiger charge is 2.30. The molecule has 0 amide bonds. The molecule has 1 N–H and O–H groups in total. The molecule has 0 spiro atoms. The van der Waals surface area contributed by atoms with Gasteiger partial charge in [0.05, 0.1) is 17.7 Å². The number of methoxy groups -OCH3 is 1. The molecule has 36 heavy (non-hydrogen) atoms. The molecule has 1 aromatic carbocycles. The summed E-state index contributed by atoms with van der Waals surface area (Å²) >= 11 is 1.56. The van der Waals surface area contributed by atoms with Crippen molar-refractivity contribution in [2.75, 3.05) is 32.5 Å². The van der Waals surface area contributed by atoms with Gasteiger partial charge in [0.15, 0.2) is 0 Å². The van der Waals surface area contributed by atoms with E-state index in [9.17, 15) is 14.3 Å². The predicted molar refractivity (Wildman–Crippen MR) is 141 cm³/mol. The molecular weight excluding hydrogens is 477 g/mol. The van der Waals surface area contributed by atoms with Crippen LogP contribution in [0.4, 0.5) is 4.39 Å². The summed E-state index contributed by atoms with van der Waals surface area (Å²) in [7, 11) is 1.67. The number of nitrogens with zero attached hydrogens (tertiary/aromatic N) is 3. The summed E-state index contributed by atoms with van der Waals surface area (Å²) in [5.41, 5.74) is 2.23. The second-order valence-corrected chi connectivity index (χ2v) is 10.6. The monoisotopic (exact) mass is 511 g/mol. The molecule has 1 aliphatic rings. The van der Waals surface area contributed by atoms with Crippen LogP contribution in [-0.4, -0.2) is 58.4 Å². The van der Waals surface area contributed by atoms with Crippen LogP contribution in [0, 0.1) is 17.8 Å². The van der Waals surface area contributed by atoms with Crippen LogP contribution in [0.1, 0.15) is 37.7 Å². The summed E-state index contributed by atoms with van der Waals surface area (Å²) < 4.78 is 18.6. The minimum absolute atomic E-state index is 0.170. The first-order chi connectivity index (χ1) is 17.5. The summed E-state index contributed by atoms with van der Waals surface area (Å²) in [4.78, 5) is 22.4. The minimum atomic E-state index is -0.716. The van der Waals surface area contributed by atoms with Crippen molar-refractivity contribution in [2.24, 2.45) is 11.8 Å². The zero-order valence-corrected chi connectivity index (χ0v) is 21.6. The molecule has 2 atom stereocenters. The highest BCUT2D eigenvalue weighted by molar-refractivity contribution is 7.99. The van der Waals surface area contributed by atoms with E-state index >= 15 is 0 Å². The number of aromatic nitrogens is 2. The number of halogens is 1. The molecule has 0 saturated carbocycles. The fraction of sp³-hybridized carbons (Fsp3) is 0.464. The Morgan fingerprint density at radius 2 is 2.11 bits per heavy atom. The quantitative estimate of drug-likeness (QED) is 0.190. The van der Waals surface area contributed by atoms with E-state index in [-0.39, 0.29) is 12.3 Å². The molecule has 6 nitrogen and oxygen atoms in total. The molecule has 1 saturated heterocycles. The van der Waals surface area contributed by atoms with Crippen LogP contribution in [0.5, 0.6) is 5.75 Å². The lowest BCUT2D eigenvalue weighted by atomic mass is 9.80. The fourth-order valence-electron chi connectivity index (χ4n) is 5.21. The Kier molecular flexibility index (Phi) is 9.53. The van der Waals surface area contributed by atoms with Gasteiger partial charge >= 0.3 is 5.97 Å². The number of piperidine rings is 1. The Morgan fingerprint density at radius 3 is 2.92 bits per heavy atom. The normalized spacial score (nSPS) is 18.4. The lowest BCUT2D eigenvalue weighted by Crippen LogP contribution is -2.41. The van der Waals surface area contributed by atoms with Crippen molar-refractivity contribution in [3.63, 3.8) is 0 Å². The molecule has 0 radical (unpaired) electrons. The number of carboxylic acids is 1. The van der Waals surface area contributed by atoms with Gasteiger partial charge in [-0.15, -0.1) is 11.8 Å². The number of ether oxygens (including phenoxy) is 1. The fourth-order valence-corrected chi connectivity index (χ4v) is 6.02. The number of thioether (sulfide) groups is 1. The number of rotatable bonds is 12. The zero-order chi connectivity index (χ0) is 25.3. The first-order valence-corrected chi connectivity index (χ1v) is 13.6. The van der Waals surface area contributed by atoms with Crippen molar-refractivity contribution in [2.45, 2.75) is 43.6 Å². The van der Waals surface area contributed by atoms with Crippen LogP contribution < -0.4 is 4.74 Å². The van der Waals surface area contributed by atoms with Crippen molar-refractivity contribution in [3.8, 4) is 5.75 Å². The average molecular weight is 512 g/mol. The zero-order valence-electron chi connectivity index (χ0n) is 20.7. The van der Waals surface area contributed by atoms with E-state index in [0.717, 1.165) is 74.1 Å². The number of aryl methyl sites for hydroxylation is 1. The van der Waals surface area contributed by atoms with Gasteiger partial charge in [-0.25, -0.2) is 4.98 Å². The van der Waals surface area contributed by atoms with Crippen molar-refractivity contribution in [3.05, 3.63) is 60.2 Å². The largest absolute Gasteiger partial charge is 0.497 e. The van der Waals surface area contributed by atoms with Gasteiger partial charge in [-0.05, 0) is 99.0 Å². The molecular formula is C28H34FN3O3S. The summed E-state index contributed by atoms with van der Waals surface area (Å²) in [6.45, 7) is 2.75. The number of hydrogen-bond acceptors (Lipinski definition) is 6. The van der Waals surface area contributed by atoms with Crippen molar-refractivity contribution >= 4 is 28.6 Å². The lowest BCUT2D eigenvalue weighted by molar-refractivity contribution is -0.139. The van der Waals surface area contributed by atoms with E-state index < -0.39 is 11.9 Å². The van der Waals surface area contributed by atoms with Crippen LogP contribution in [0.15, 0.2) is 53.7 Å². The Hall–Kier alpha value is -2.71. The predicted octanol–water partition coefficient (Wildman–Crippen LogP) is 5.70. The molecule has 1 fully saturated rings. The number of carbonyl (C=O) groups is 1. The number of hydrogen-bond donors (Lipinski definition) is 1. The van der Waals surface area contributed by atoms with Gasteiger partial charge in [0.2, 0.25) is 5.95 Å². The number of likely N-dealkylation sites (tertiary alicyclic amines) is 1. The molecule has 3 heterocycles. The van der Waals surface area contributed by atoms with Crippen LogP contribution in [0.3, 0.4) is 0 Å². The van der Waals surface area contributed by atoms with E-state index in [1.165, 1.54) is 11.6 Å². The number of aliphatic carboxylic acids is 1. The third-order valence-corrected chi connectivity index (χ3v) is 8.05. The maximum atomic E-state index is 13.2. The Bertz CT molecular complexity index is 1160. The lowest BCUT2D eigenvalue weighted by Gasteiger charge is -2.38. The maximum Gasteiger partial charge on any atom is 0.303 e. The SMILES string of the molecule is COc1ccc2nccc(CCC[C@@H]3CCN(CCCSc4cccc(F)n4)C[C@@H]3CC(=O)O)c2c1. The van der Waals surface area contributed by atoms with Gasteiger partial charge in [0.25, 0.3) is 0 Å². The molecule has 4 rings (SSSR count). The smallest absolute Gasteiger partial charge is 0.303 e. The topological polar surface area (TPSA) is 75.5 Å². The molecule has 2 aromatic heterocycles. The summed E-state index contributed by atoms with van der Waals surface area (Å²) in [5.74, 6) is 1.12. The molecule has 8 heteroatoms. The summed E-state index contributed by atoms with van der Waals surface area (Å²) in [5, 5.41) is 11.4. The third-order valence-electron chi connectivity index (χ3n) is 7.03. The minimum Gasteiger partial charge on any atom is -0.497 e. The van der Waals surface area contributed by atoms with Crippen molar-refractivity contribution < 1.29 is 19.0 Å². The van der Waals surface area contributed by atoms with E-state index in [0.29, 0.717) is 10.9 Å². The first kappa shape index (κ1) is 26.4. The molecule has 0 aliphatic carbocycles. The van der Waals surface area contributed by atoms with Gasteiger partial charge in [0.1, 0.15) is 5.75 Å². The number of benzene rings is 1. The first-order valence-electron chi connectivity index (χ1n) is 12.6. The molecule has 192 valence electrons. The molecule has 1 aliphatic heterocycles. The van der Waals surface area contributed by atoms with E-state index in [1.807, 2.05) is 30.5 Å². The van der Waals surface area contributed by atoms with E-state index in [4.69, 9.17) is 4.74 Å². The second-order valence-electron chi connectivity index (χ2n) is 9.45. The molecule has 0 unspecified atom stereocenters. The van der Waals surface area contributed by atoms with E-state index in [1.54, 1.807) is 24.9 Å². The average Bonchev–Trinajstić information content (AvgIpc) is 2.87. The highest BCUT2D eigenvalue weighted by atomic mass is 32.2. The Balaban J connectivity index is 1.27.